The summed E-state index contributed by atoms with van der Waals surface area (Å²) in [7, 11) is 0. The van der Waals surface area contributed by atoms with Crippen LogP contribution in [0.25, 0.3) is 11.6 Å². The molecule has 2 amide bonds. The van der Waals surface area contributed by atoms with Gasteiger partial charge >= 0.3 is 0 Å². The number of allylic oxidation sites excluding steroid dienone is 2. The smallest absolute Gasteiger partial charge is 0.233 e. The summed E-state index contributed by atoms with van der Waals surface area (Å²) < 4.78 is 6.45. The van der Waals surface area contributed by atoms with Crippen LogP contribution in [0.5, 0.6) is 5.75 Å². The molecule has 0 aromatic heterocycles. The Kier molecular flexibility index (Phi) is 8.08. The van der Waals surface area contributed by atoms with E-state index in [0.717, 1.165) is 48.8 Å². The summed E-state index contributed by atoms with van der Waals surface area (Å²) in [6, 6.07) is 14.5. The lowest BCUT2D eigenvalue weighted by Gasteiger charge is -2.32. The normalized spacial score (nSPS) is 24.9. The number of rotatable bonds is 9. The number of nitrogens with zero attached hydrogens (tertiary/aromatic N) is 1. The van der Waals surface area contributed by atoms with Crippen LogP contribution in [0.15, 0.2) is 53.6 Å². The number of benzene rings is 2. The van der Waals surface area contributed by atoms with Gasteiger partial charge in [-0.1, -0.05) is 62.2 Å². The lowest BCUT2D eigenvalue weighted by atomic mass is 9.68. The highest BCUT2D eigenvalue weighted by Gasteiger charge is 2.56. The average Bonchev–Trinajstić information content (AvgIpc) is 3.45. The number of fused-ring (bicyclic) bond motifs is 3. The monoisotopic (exact) mass is 527 g/mol. The molecular formula is C34H41NO4. The van der Waals surface area contributed by atoms with Gasteiger partial charge in [0.25, 0.3) is 0 Å². The number of hydrogen-bond acceptors (Lipinski definition) is 4. The zero-order chi connectivity index (χ0) is 27.7. The third-order valence-electron chi connectivity index (χ3n) is 8.77. The molecule has 5 nitrogen and oxygen atoms in total. The molecule has 2 fully saturated rings. The summed E-state index contributed by atoms with van der Waals surface area (Å²) in [5.41, 5.74) is 7.86. The van der Waals surface area contributed by atoms with Crippen LogP contribution in [0.1, 0.15) is 74.6 Å². The van der Waals surface area contributed by atoms with Crippen molar-refractivity contribution >= 4 is 23.5 Å². The van der Waals surface area contributed by atoms with Crippen molar-refractivity contribution < 1.29 is 19.4 Å². The predicted octanol–water partition coefficient (Wildman–Crippen LogP) is 6.86. The molecule has 3 aliphatic rings. The third-order valence-corrected chi connectivity index (χ3v) is 8.77. The molecule has 5 heteroatoms. The number of carbonyl (C=O) groups excluding carboxylic acids is 2. The van der Waals surface area contributed by atoms with Crippen molar-refractivity contribution in [2.24, 2.45) is 17.8 Å². The van der Waals surface area contributed by atoms with Crippen molar-refractivity contribution in [3.63, 3.8) is 0 Å². The first kappa shape index (κ1) is 27.4. The predicted molar refractivity (Wildman–Crippen MR) is 155 cm³/mol. The summed E-state index contributed by atoms with van der Waals surface area (Å²) in [6.45, 7) is 9.10. The second-order valence-electron chi connectivity index (χ2n) is 11.5. The molecule has 206 valence electrons. The molecule has 0 radical (unpaired) electrons. The van der Waals surface area contributed by atoms with E-state index < -0.39 is 0 Å². The lowest BCUT2D eigenvalue weighted by Crippen LogP contribution is -2.34. The first-order valence-corrected chi connectivity index (χ1v) is 14.6. The van der Waals surface area contributed by atoms with E-state index in [-0.39, 0.29) is 35.7 Å². The van der Waals surface area contributed by atoms with Gasteiger partial charge in [0.05, 0.1) is 24.5 Å². The minimum atomic E-state index is -0.267. The molecule has 4 atom stereocenters. The first-order chi connectivity index (χ1) is 18.8. The van der Waals surface area contributed by atoms with Crippen LogP contribution in [-0.2, 0) is 14.3 Å². The fourth-order valence-corrected chi connectivity index (χ4v) is 7.03. The average molecular weight is 528 g/mol. The lowest BCUT2D eigenvalue weighted by molar-refractivity contribution is -0.140. The van der Waals surface area contributed by atoms with E-state index in [1.54, 1.807) is 0 Å². The molecule has 5 rings (SSSR count). The minimum absolute atomic E-state index is 0.0112. The van der Waals surface area contributed by atoms with Gasteiger partial charge in [-0.3, -0.25) is 14.5 Å². The largest absolute Gasteiger partial charge is 0.507 e. The van der Waals surface area contributed by atoms with Crippen LogP contribution < -0.4 is 0 Å². The fraction of sp³-hybridized carbons (Fsp3) is 0.471. The van der Waals surface area contributed by atoms with E-state index in [2.05, 4.69) is 37.3 Å². The highest BCUT2D eigenvalue weighted by Crippen LogP contribution is 2.51. The van der Waals surface area contributed by atoms with Crippen LogP contribution in [-0.4, -0.2) is 41.1 Å². The second kappa shape index (κ2) is 11.5. The molecule has 39 heavy (non-hydrogen) atoms. The Morgan fingerprint density at radius 3 is 2.41 bits per heavy atom. The number of phenolic OH excluding ortho intramolecular Hbond substituents is 1. The van der Waals surface area contributed by atoms with E-state index >= 15 is 0 Å². The van der Waals surface area contributed by atoms with Crippen molar-refractivity contribution in [1.82, 2.24) is 4.90 Å². The molecule has 0 bridgehead atoms. The van der Waals surface area contributed by atoms with Crippen molar-refractivity contribution in [3.05, 3.63) is 75.9 Å². The summed E-state index contributed by atoms with van der Waals surface area (Å²) >= 11 is 0. The van der Waals surface area contributed by atoms with E-state index in [4.69, 9.17) is 4.74 Å². The zero-order valence-corrected chi connectivity index (χ0v) is 23.7. The van der Waals surface area contributed by atoms with E-state index in [1.807, 2.05) is 39.0 Å². The Hall–Kier alpha value is -3.18. The van der Waals surface area contributed by atoms with Crippen molar-refractivity contribution in [1.29, 1.82) is 0 Å². The van der Waals surface area contributed by atoms with E-state index in [1.165, 1.54) is 27.2 Å². The molecular weight excluding hydrogens is 486 g/mol. The van der Waals surface area contributed by atoms with Gasteiger partial charge in [0, 0.05) is 12.5 Å². The summed E-state index contributed by atoms with van der Waals surface area (Å²) in [5.74, 6) is -0.0876. The molecule has 2 aromatic rings. The maximum atomic E-state index is 13.4. The van der Waals surface area contributed by atoms with Crippen LogP contribution in [0.4, 0.5) is 0 Å². The number of phenols is 1. The number of carbonyl (C=O) groups is 2. The SMILES string of the molecule is CCCC1=C2[C@@H](CC/C(=C/c3cc(C)c(O)c(C)c3)c3ccccc3)OC[C@@H]2[C@@H]2C(=O)N(CCC)C(=O)[C@@H]2C1. The molecule has 1 N–H and O–H groups in total. The van der Waals surface area contributed by atoms with Gasteiger partial charge in [-0.2, -0.15) is 0 Å². The number of likely N-dealkylation sites (tertiary alicyclic amines) is 1. The molecule has 2 aromatic carbocycles. The quantitative estimate of drug-likeness (QED) is 0.220. The van der Waals surface area contributed by atoms with Gasteiger partial charge < -0.3 is 9.84 Å². The van der Waals surface area contributed by atoms with Crippen molar-refractivity contribution in [2.75, 3.05) is 13.2 Å². The molecule has 0 unspecified atom stereocenters. The Morgan fingerprint density at radius 1 is 1.03 bits per heavy atom. The molecule has 0 spiro atoms. The van der Waals surface area contributed by atoms with Crippen LogP contribution in [0, 0.1) is 31.6 Å². The number of amides is 2. The highest BCUT2D eigenvalue weighted by atomic mass is 16.5. The minimum Gasteiger partial charge on any atom is -0.507 e. The number of aromatic hydroxyl groups is 1. The van der Waals surface area contributed by atoms with Gasteiger partial charge in [-0.05, 0) is 91.5 Å². The van der Waals surface area contributed by atoms with Gasteiger partial charge in [-0.25, -0.2) is 0 Å². The second-order valence-corrected chi connectivity index (χ2v) is 11.5. The number of hydrogen-bond donors (Lipinski definition) is 1. The highest BCUT2D eigenvalue weighted by molar-refractivity contribution is 6.06. The van der Waals surface area contributed by atoms with Crippen LogP contribution in [0.3, 0.4) is 0 Å². The van der Waals surface area contributed by atoms with Gasteiger partial charge in [0.2, 0.25) is 11.8 Å². The van der Waals surface area contributed by atoms with Gasteiger partial charge in [0.15, 0.2) is 0 Å². The summed E-state index contributed by atoms with van der Waals surface area (Å²) in [4.78, 5) is 28.1. The number of imide groups is 1. The number of aryl methyl sites for hydroxylation is 2. The number of ether oxygens (including phenoxy) is 1. The Bertz CT molecular complexity index is 1280. The Morgan fingerprint density at radius 2 is 1.74 bits per heavy atom. The summed E-state index contributed by atoms with van der Waals surface area (Å²) in [6.07, 6.45) is 7.31. The van der Waals surface area contributed by atoms with E-state index in [0.29, 0.717) is 25.3 Å². The summed E-state index contributed by atoms with van der Waals surface area (Å²) in [5, 5.41) is 10.3. The standard InChI is InChI=1S/C34H41NO4/c1-5-10-26-19-27-31(34(38)35(15-6-2)33(27)37)28-20-39-29(30(26)28)14-13-25(24-11-8-7-9-12-24)18-23-16-21(3)32(36)22(4)17-23/h7-9,11-12,16-18,27-29,31,36H,5-6,10,13-15,19-20H2,1-4H3/b25-18-/t27-,28+,29-,31-/m1/s1. The van der Waals surface area contributed by atoms with Crippen molar-refractivity contribution in [2.45, 2.75) is 72.3 Å². The van der Waals surface area contributed by atoms with Crippen LogP contribution >= 0.6 is 0 Å². The maximum Gasteiger partial charge on any atom is 0.233 e. The fourth-order valence-electron chi connectivity index (χ4n) is 7.03. The molecule has 0 saturated carbocycles. The topological polar surface area (TPSA) is 66.8 Å². The first-order valence-electron chi connectivity index (χ1n) is 14.6. The Labute approximate surface area is 232 Å². The van der Waals surface area contributed by atoms with E-state index in [9.17, 15) is 14.7 Å². The molecule has 2 aliphatic heterocycles. The molecule has 1 aliphatic carbocycles. The Balaban J connectivity index is 1.43. The third kappa shape index (κ3) is 5.21. The van der Waals surface area contributed by atoms with Gasteiger partial charge in [0.1, 0.15) is 5.75 Å². The molecule has 2 heterocycles. The molecule has 2 saturated heterocycles. The van der Waals surface area contributed by atoms with Gasteiger partial charge in [-0.15, -0.1) is 0 Å². The van der Waals surface area contributed by atoms with Crippen molar-refractivity contribution in [3.8, 4) is 5.75 Å². The van der Waals surface area contributed by atoms with Crippen LogP contribution in [0.2, 0.25) is 0 Å². The maximum absolute atomic E-state index is 13.4. The zero-order valence-electron chi connectivity index (χ0n) is 23.7.